The van der Waals surface area contributed by atoms with Gasteiger partial charge in [-0.15, -0.1) is 0 Å². The molecule has 1 atom stereocenters. The number of rotatable bonds is 3. The van der Waals surface area contributed by atoms with Crippen molar-refractivity contribution in [2.24, 2.45) is 0 Å². The van der Waals surface area contributed by atoms with Gasteiger partial charge in [0.05, 0.1) is 0 Å². The number of carbonyl (C=O) groups excluding carboxylic acids is 1. The molecular formula is C11H14BNO3. The summed E-state index contributed by atoms with van der Waals surface area (Å²) in [5, 5.41) is 20.1. The number of carbonyl (C=O) groups is 1. The molecule has 3 N–H and O–H groups in total. The van der Waals surface area contributed by atoms with E-state index in [1.54, 1.807) is 37.3 Å². The fourth-order valence-electron chi connectivity index (χ4n) is 1.19. The minimum Gasteiger partial charge on any atom is -0.426 e. The number of hydrogen-bond acceptors (Lipinski definition) is 3. The Morgan fingerprint density at radius 2 is 2.25 bits per heavy atom. The van der Waals surface area contributed by atoms with E-state index < -0.39 is 12.4 Å². The molecule has 16 heavy (non-hydrogen) atoms. The van der Waals surface area contributed by atoms with Crippen LogP contribution >= 0.6 is 0 Å². The summed E-state index contributed by atoms with van der Waals surface area (Å²) >= 11 is 0. The van der Waals surface area contributed by atoms with Gasteiger partial charge in [-0.25, -0.2) is 0 Å². The lowest BCUT2D eigenvalue weighted by Gasteiger charge is -2.19. The SMILES string of the molecule is C=CC(=O)NC1=CC=CC(C)(B(O)O)C=C1. The zero-order valence-corrected chi connectivity index (χ0v) is 9.05. The summed E-state index contributed by atoms with van der Waals surface area (Å²) in [7, 11) is -1.48. The van der Waals surface area contributed by atoms with E-state index >= 15 is 0 Å². The molecule has 0 saturated carbocycles. The Morgan fingerprint density at radius 3 is 2.81 bits per heavy atom. The predicted molar refractivity (Wildman–Crippen MR) is 63.3 cm³/mol. The van der Waals surface area contributed by atoms with Crippen LogP contribution in [0.1, 0.15) is 6.92 Å². The first-order valence-electron chi connectivity index (χ1n) is 4.86. The zero-order valence-electron chi connectivity index (χ0n) is 9.05. The lowest BCUT2D eigenvalue weighted by atomic mass is 9.59. The molecule has 84 valence electrons. The van der Waals surface area contributed by atoms with Gasteiger partial charge in [0, 0.05) is 11.0 Å². The molecule has 4 nitrogen and oxygen atoms in total. The molecule has 1 unspecified atom stereocenters. The van der Waals surface area contributed by atoms with Crippen LogP contribution in [-0.4, -0.2) is 23.1 Å². The Hall–Kier alpha value is -1.59. The van der Waals surface area contributed by atoms with Crippen molar-refractivity contribution in [2.75, 3.05) is 0 Å². The van der Waals surface area contributed by atoms with E-state index in [0.717, 1.165) is 0 Å². The zero-order chi connectivity index (χ0) is 12.2. The second-order valence-corrected chi connectivity index (χ2v) is 3.75. The Kier molecular flexibility index (Phi) is 3.87. The molecule has 0 aromatic rings. The average Bonchev–Trinajstić information content (AvgIpc) is 2.42. The molecule has 1 amide bonds. The molecule has 0 aromatic heterocycles. The second-order valence-electron chi connectivity index (χ2n) is 3.75. The van der Waals surface area contributed by atoms with Crippen LogP contribution in [-0.2, 0) is 4.79 Å². The van der Waals surface area contributed by atoms with Crippen LogP contribution in [0.5, 0.6) is 0 Å². The minimum absolute atomic E-state index is 0.308. The van der Waals surface area contributed by atoms with Crippen LogP contribution < -0.4 is 5.32 Å². The van der Waals surface area contributed by atoms with Crippen LogP contribution in [0.15, 0.2) is 48.7 Å². The molecule has 0 radical (unpaired) electrons. The monoisotopic (exact) mass is 219 g/mol. The van der Waals surface area contributed by atoms with Crippen molar-refractivity contribution < 1.29 is 14.8 Å². The topological polar surface area (TPSA) is 69.6 Å². The van der Waals surface area contributed by atoms with E-state index in [-0.39, 0.29) is 5.91 Å². The van der Waals surface area contributed by atoms with Gasteiger partial charge in [-0.3, -0.25) is 4.79 Å². The summed E-state index contributed by atoms with van der Waals surface area (Å²) in [5.41, 5.74) is 0.575. The summed E-state index contributed by atoms with van der Waals surface area (Å²) in [4.78, 5) is 11.1. The molecule has 0 heterocycles. The van der Waals surface area contributed by atoms with E-state index in [1.165, 1.54) is 6.08 Å². The van der Waals surface area contributed by atoms with Gasteiger partial charge in [-0.2, -0.15) is 0 Å². The van der Waals surface area contributed by atoms with E-state index in [1.807, 2.05) is 0 Å². The van der Waals surface area contributed by atoms with Crippen molar-refractivity contribution in [3.8, 4) is 0 Å². The first kappa shape index (κ1) is 12.5. The van der Waals surface area contributed by atoms with Crippen LogP contribution in [0.4, 0.5) is 0 Å². The highest BCUT2D eigenvalue weighted by Crippen LogP contribution is 2.32. The number of amides is 1. The fraction of sp³-hybridized carbons (Fsp3) is 0.182. The minimum atomic E-state index is -1.48. The third-order valence-electron chi connectivity index (χ3n) is 2.36. The summed E-state index contributed by atoms with van der Waals surface area (Å²) in [6.45, 7) is 5.02. The summed E-state index contributed by atoms with van der Waals surface area (Å²) in [6, 6.07) is 0. The molecule has 0 aromatic carbocycles. The maximum atomic E-state index is 11.1. The third-order valence-corrected chi connectivity index (χ3v) is 2.36. The smallest absolute Gasteiger partial charge is 0.426 e. The molecular weight excluding hydrogens is 205 g/mol. The molecule has 0 aliphatic heterocycles. The molecule has 1 aliphatic rings. The predicted octanol–water partition coefficient (Wildman–Crippen LogP) is 0.532. The Labute approximate surface area is 94.8 Å². The molecule has 5 heteroatoms. The van der Waals surface area contributed by atoms with Crippen molar-refractivity contribution in [1.29, 1.82) is 0 Å². The molecule has 0 spiro atoms. The standard InChI is InChI=1S/C11H14BNO3/c1-3-10(14)13-9-5-4-7-11(2,8-6-9)12(15)16/h3-8,15-16H,1H2,2H3,(H,13,14). The van der Waals surface area contributed by atoms with Gasteiger partial charge in [-0.05, 0) is 18.2 Å². The molecule has 0 bridgehead atoms. The number of allylic oxidation sites excluding steroid dienone is 5. The highest BCUT2D eigenvalue weighted by Gasteiger charge is 2.32. The van der Waals surface area contributed by atoms with Crippen molar-refractivity contribution >= 4 is 13.0 Å². The van der Waals surface area contributed by atoms with Gasteiger partial charge >= 0.3 is 7.12 Å². The quantitative estimate of drug-likeness (QED) is 0.479. The molecule has 1 rings (SSSR count). The molecule has 0 saturated heterocycles. The Bertz CT molecular complexity index is 385. The fourth-order valence-corrected chi connectivity index (χ4v) is 1.19. The number of nitrogens with one attached hydrogen (secondary N) is 1. The lowest BCUT2D eigenvalue weighted by Crippen LogP contribution is -2.27. The van der Waals surface area contributed by atoms with Crippen LogP contribution in [0.25, 0.3) is 0 Å². The number of hydrogen-bond donors (Lipinski definition) is 3. The third kappa shape index (κ3) is 2.95. The van der Waals surface area contributed by atoms with Gasteiger partial charge < -0.3 is 15.4 Å². The second kappa shape index (κ2) is 4.96. The van der Waals surface area contributed by atoms with Crippen LogP contribution in [0, 0.1) is 0 Å². The van der Waals surface area contributed by atoms with Gasteiger partial charge in [0.15, 0.2) is 0 Å². The lowest BCUT2D eigenvalue weighted by molar-refractivity contribution is -0.115. The first-order chi connectivity index (χ1) is 7.48. The molecule has 1 aliphatic carbocycles. The maximum absolute atomic E-state index is 11.1. The van der Waals surface area contributed by atoms with E-state index in [4.69, 9.17) is 0 Å². The normalized spacial score (nSPS) is 23.3. The summed E-state index contributed by atoms with van der Waals surface area (Å²) < 4.78 is 0. The van der Waals surface area contributed by atoms with Crippen molar-refractivity contribution in [1.82, 2.24) is 5.32 Å². The average molecular weight is 219 g/mol. The van der Waals surface area contributed by atoms with Gasteiger partial charge in [0.1, 0.15) is 0 Å². The Balaban J connectivity index is 2.82. The summed E-state index contributed by atoms with van der Waals surface area (Å²) in [6.07, 6.45) is 9.41. The first-order valence-corrected chi connectivity index (χ1v) is 4.86. The highest BCUT2D eigenvalue weighted by molar-refractivity contribution is 6.47. The van der Waals surface area contributed by atoms with Crippen molar-refractivity contribution in [3.63, 3.8) is 0 Å². The van der Waals surface area contributed by atoms with Gasteiger partial charge in [0.25, 0.3) is 0 Å². The highest BCUT2D eigenvalue weighted by atomic mass is 16.4. The van der Waals surface area contributed by atoms with Crippen LogP contribution in [0.2, 0.25) is 5.31 Å². The van der Waals surface area contributed by atoms with Crippen molar-refractivity contribution in [2.45, 2.75) is 12.2 Å². The van der Waals surface area contributed by atoms with E-state index in [9.17, 15) is 14.8 Å². The van der Waals surface area contributed by atoms with Crippen LogP contribution in [0.3, 0.4) is 0 Å². The molecule has 0 fully saturated rings. The van der Waals surface area contributed by atoms with E-state index in [0.29, 0.717) is 5.70 Å². The summed E-state index contributed by atoms with van der Waals surface area (Å²) in [5.74, 6) is -0.308. The van der Waals surface area contributed by atoms with Crippen molar-refractivity contribution in [3.05, 3.63) is 48.7 Å². The van der Waals surface area contributed by atoms with Gasteiger partial charge in [-0.1, -0.05) is 31.7 Å². The largest absolute Gasteiger partial charge is 0.465 e. The van der Waals surface area contributed by atoms with E-state index in [2.05, 4.69) is 11.9 Å². The maximum Gasteiger partial charge on any atom is 0.465 e. The van der Waals surface area contributed by atoms with Gasteiger partial charge in [0.2, 0.25) is 5.91 Å². The Morgan fingerprint density at radius 1 is 1.56 bits per heavy atom.